The van der Waals surface area contributed by atoms with Crippen molar-refractivity contribution in [3.8, 4) is 0 Å². The van der Waals surface area contributed by atoms with Crippen LogP contribution >= 0.6 is 11.3 Å². The molecule has 1 saturated heterocycles. The van der Waals surface area contributed by atoms with Gasteiger partial charge in [0, 0.05) is 31.1 Å². The predicted molar refractivity (Wildman–Crippen MR) is 127 cm³/mol. The summed E-state index contributed by atoms with van der Waals surface area (Å²) < 4.78 is 45.3. The quantitative estimate of drug-likeness (QED) is 0.577. The lowest BCUT2D eigenvalue weighted by atomic mass is 9.95. The number of sulfonamides is 1. The molecule has 4 rings (SSSR count). The molecule has 0 radical (unpaired) electrons. The Morgan fingerprint density at radius 1 is 1.09 bits per heavy atom. The predicted octanol–water partition coefficient (Wildman–Crippen LogP) is 2.89. The summed E-state index contributed by atoms with van der Waals surface area (Å²) in [6.07, 6.45) is 3.77. The first-order chi connectivity index (χ1) is 16.3. The van der Waals surface area contributed by atoms with Gasteiger partial charge in [0.05, 0.1) is 23.6 Å². The maximum Gasteiger partial charge on any atom is 0.341 e. The number of halogens is 1. The molecule has 1 fully saturated rings. The minimum Gasteiger partial charge on any atom is -0.462 e. The third kappa shape index (κ3) is 5.32. The average Bonchev–Trinajstić information content (AvgIpc) is 3.17. The maximum atomic E-state index is 13.1. The Hall–Kier alpha value is -2.34. The van der Waals surface area contributed by atoms with Crippen molar-refractivity contribution in [3.63, 3.8) is 0 Å². The number of benzene rings is 1. The van der Waals surface area contributed by atoms with E-state index in [0.29, 0.717) is 23.7 Å². The van der Waals surface area contributed by atoms with Crippen molar-refractivity contribution in [3.05, 3.63) is 46.1 Å². The highest BCUT2D eigenvalue weighted by atomic mass is 32.2. The number of hydrogen-bond acceptors (Lipinski definition) is 7. The second-order valence-corrected chi connectivity index (χ2v) is 11.4. The van der Waals surface area contributed by atoms with Crippen molar-refractivity contribution < 1.29 is 27.1 Å². The fourth-order valence-electron chi connectivity index (χ4n) is 4.33. The van der Waals surface area contributed by atoms with Crippen molar-refractivity contribution in [2.75, 3.05) is 44.6 Å². The van der Waals surface area contributed by atoms with Gasteiger partial charge < -0.3 is 10.1 Å². The zero-order chi connectivity index (χ0) is 24.3. The van der Waals surface area contributed by atoms with E-state index in [-0.39, 0.29) is 37.0 Å². The molecule has 11 heteroatoms. The van der Waals surface area contributed by atoms with Crippen LogP contribution < -0.4 is 5.32 Å². The number of piperazine rings is 1. The molecule has 34 heavy (non-hydrogen) atoms. The summed E-state index contributed by atoms with van der Waals surface area (Å²) >= 11 is 1.44. The van der Waals surface area contributed by atoms with Crippen LogP contribution in [0.2, 0.25) is 0 Å². The summed E-state index contributed by atoms with van der Waals surface area (Å²) in [5.41, 5.74) is 1.47. The number of rotatable bonds is 7. The number of carbonyl (C=O) groups is 2. The number of ether oxygens (including phenoxy) is 1. The van der Waals surface area contributed by atoms with Gasteiger partial charge in [-0.3, -0.25) is 9.69 Å². The molecule has 2 heterocycles. The van der Waals surface area contributed by atoms with Crippen LogP contribution in [0.5, 0.6) is 0 Å². The van der Waals surface area contributed by atoms with Crippen molar-refractivity contribution >= 4 is 38.2 Å². The van der Waals surface area contributed by atoms with Gasteiger partial charge in [-0.25, -0.2) is 17.6 Å². The van der Waals surface area contributed by atoms with E-state index in [0.717, 1.165) is 48.3 Å². The lowest BCUT2D eigenvalue weighted by Crippen LogP contribution is -2.50. The van der Waals surface area contributed by atoms with E-state index < -0.39 is 21.8 Å². The summed E-state index contributed by atoms with van der Waals surface area (Å²) in [5.74, 6) is -1.15. The van der Waals surface area contributed by atoms with Gasteiger partial charge >= 0.3 is 5.97 Å². The van der Waals surface area contributed by atoms with Crippen LogP contribution in [-0.2, 0) is 32.4 Å². The van der Waals surface area contributed by atoms with Gasteiger partial charge in [-0.15, -0.1) is 11.3 Å². The second-order valence-electron chi connectivity index (χ2n) is 8.32. The van der Waals surface area contributed by atoms with Gasteiger partial charge in [-0.1, -0.05) is 0 Å². The summed E-state index contributed by atoms with van der Waals surface area (Å²) in [6.45, 7) is 3.35. The zero-order valence-electron chi connectivity index (χ0n) is 19.0. The second kappa shape index (κ2) is 10.5. The molecule has 1 aliphatic heterocycles. The first-order valence-electron chi connectivity index (χ1n) is 11.4. The van der Waals surface area contributed by atoms with Gasteiger partial charge in [0.15, 0.2) is 0 Å². The molecule has 2 aromatic rings. The Morgan fingerprint density at radius 2 is 1.76 bits per heavy atom. The fourth-order valence-corrected chi connectivity index (χ4v) is 7.04. The molecule has 1 aromatic carbocycles. The van der Waals surface area contributed by atoms with E-state index in [9.17, 15) is 22.4 Å². The average molecular weight is 510 g/mol. The molecule has 0 unspecified atom stereocenters. The monoisotopic (exact) mass is 509 g/mol. The van der Waals surface area contributed by atoms with Crippen molar-refractivity contribution in [2.24, 2.45) is 0 Å². The Morgan fingerprint density at radius 3 is 2.44 bits per heavy atom. The molecular formula is C23H28FN3O5S2. The van der Waals surface area contributed by atoms with E-state index in [2.05, 4.69) is 5.32 Å². The SMILES string of the molecule is CCOC(=O)c1c(NC(=O)CN2CCN(S(=O)(=O)c3ccc(F)cc3)CC2)sc2c1CCCC2. The Labute approximate surface area is 202 Å². The van der Waals surface area contributed by atoms with Gasteiger partial charge in [-0.2, -0.15) is 4.31 Å². The molecule has 1 aliphatic carbocycles. The number of hydrogen-bond donors (Lipinski definition) is 1. The number of thiophene rings is 1. The standard InChI is InChI=1S/C23H28FN3O5S2/c1-2-32-23(29)21-18-5-3-4-6-19(18)33-22(21)25-20(28)15-26-11-13-27(14-12-26)34(30,31)17-9-7-16(24)8-10-17/h7-10H,2-6,11-15H2,1H3,(H,25,28). The van der Waals surface area contributed by atoms with E-state index in [4.69, 9.17) is 4.74 Å². The van der Waals surface area contributed by atoms with Crippen molar-refractivity contribution in [1.82, 2.24) is 9.21 Å². The summed E-state index contributed by atoms with van der Waals surface area (Å²) in [5, 5.41) is 3.43. The van der Waals surface area contributed by atoms with Gasteiger partial charge in [-0.05, 0) is 62.4 Å². The molecule has 0 atom stereocenters. The fraction of sp³-hybridized carbons (Fsp3) is 0.478. The van der Waals surface area contributed by atoms with Crippen LogP contribution in [0.1, 0.15) is 40.6 Å². The van der Waals surface area contributed by atoms with E-state index in [1.165, 1.54) is 27.8 Å². The van der Waals surface area contributed by atoms with E-state index in [1.807, 2.05) is 4.90 Å². The number of aryl methyl sites for hydroxylation is 1. The lowest BCUT2D eigenvalue weighted by molar-refractivity contribution is -0.117. The molecule has 1 amide bonds. The minimum absolute atomic E-state index is 0.0493. The number of esters is 1. The molecule has 2 aliphatic rings. The van der Waals surface area contributed by atoms with Crippen LogP contribution in [0, 0.1) is 5.82 Å². The number of nitrogens with one attached hydrogen (secondary N) is 1. The van der Waals surface area contributed by atoms with E-state index >= 15 is 0 Å². The largest absolute Gasteiger partial charge is 0.462 e. The number of nitrogens with zero attached hydrogens (tertiary/aromatic N) is 2. The normalized spacial score (nSPS) is 17.2. The van der Waals surface area contributed by atoms with Gasteiger partial charge in [0.1, 0.15) is 10.8 Å². The molecule has 8 nitrogen and oxygen atoms in total. The number of fused-ring (bicyclic) bond motifs is 1. The Kier molecular flexibility index (Phi) is 7.66. The minimum atomic E-state index is -3.71. The molecule has 1 N–H and O–H groups in total. The Bertz CT molecular complexity index is 1160. The zero-order valence-corrected chi connectivity index (χ0v) is 20.6. The van der Waals surface area contributed by atoms with Crippen molar-refractivity contribution in [1.29, 1.82) is 0 Å². The first-order valence-corrected chi connectivity index (χ1v) is 13.6. The van der Waals surface area contributed by atoms with Crippen LogP contribution in [0.3, 0.4) is 0 Å². The highest BCUT2D eigenvalue weighted by Gasteiger charge is 2.30. The molecule has 0 spiro atoms. The molecule has 1 aromatic heterocycles. The molecule has 184 valence electrons. The van der Waals surface area contributed by atoms with Crippen LogP contribution in [0.4, 0.5) is 9.39 Å². The van der Waals surface area contributed by atoms with Gasteiger partial charge in [0.25, 0.3) is 0 Å². The highest BCUT2D eigenvalue weighted by Crippen LogP contribution is 2.38. The smallest absolute Gasteiger partial charge is 0.341 e. The third-order valence-electron chi connectivity index (χ3n) is 6.05. The van der Waals surface area contributed by atoms with Gasteiger partial charge in [0.2, 0.25) is 15.9 Å². The highest BCUT2D eigenvalue weighted by molar-refractivity contribution is 7.89. The number of carbonyl (C=O) groups excluding carboxylic acids is 2. The molecular weight excluding hydrogens is 481 g/mol. The maximum absolute atomic E-state index is 13.1. The van der Waals surface area contributed by atoms with Crippen LogP contribution in [0.15, 0.2) is 29.2 Å². The number of amides is 1. The lowest BCUT2D eigenvalue weighted by Gasteiger charge is -2.33. The van der Waals surface area contributed by atoms with Crippen LogP contribution in [0.25, 0.3) is 0 Å². The Balaban J connectivity index is 1.37. The van der Waals surface area contributed by atoms with Crippen LogP contribution in [-0.4, -0.2) is 68.8 Å². The molecule has 0 bridgehead atoms. The summed E-state index contributed by atoms with van der Waals surface area (Å²) in [4.78, 5) is 28.4. The van der Waals surface area contributed by atoms with E-state index in [1.54, 1.807) is 6.92 Å². The molecule has 0 saturated carbocycles. The summed E-state index contributed by atoms with van der Waals surface area (Å²) in [7, 11) is -3.71. The topological polar surface area (TPSA) is 96.0 Å². The summed E-state index contributed by atoms with van der Waals surface area (Å²) in [6, 6.07) is 4.76. The number of anilines is 1. The third-order valence-corrected chi connectivity index (χ3v) is 9.17. The van der Waals surface area contributed by atoms with Crippen molar-refractivity contribution in [2.45, 2.75) is 37.5 Å². The first kappa shape index (κ1) is 24.8.